The Bertz CT molecular complexity index is 1130. The molecule has 3 N–H and O–H groups in total. The Morgan fingerprint density at radius 1 is 1.03 bits per heavy atom. The molecule has 174 valence electrons. The highest BCUT2D eigenvalue weighted by atomic mass is 32.2. The van der Waals surface area contributed by atoms with Gasteiger partial charge in [-0.1, -0.05) is 18.2 Å². The van der Waals surface area contributed by atoms with Gasteiger partial charge in [-0.3, -0.25) is 10.1 Å². The average Bonchev–Trinajstić information content (AvgIpc) is 3.09. The summed E-state index contributed by atoms with van der Waals surface area (Å²) in [7, 11) is -3.46. The van der Waals surface area contributed by atoms with E-state index in [4.69, 9.17) is 0 Å². The highest BCUT2D eigenvalue weighted by Gasteiger charge is 2.71. The van der Waals surface area contributed by atoms with Crippen LogP contribution in [0.5, 0.6) is 0 Å². The van der Waals surface area contributed by atoms with Gasteiger partial charge in [-0.15, -0.1) is 0 Å². The maximum Gasteiger partial charge on any atom is 0.430 e. The van der Waals surface area contributed by atoms with E-state index in [9.17, 15) is 44.7 Å². The molecular weight excluding hydrogens is 466 g/mol. The van der Waals surface area contributed by atoms with Gasteiger partial charge in [-0.25, -0.2) is 8.42 Å². The smallest absolute Gasteiger partial charge is 0.369 e. The summed E-state index contributed by atoms with van der Waals surface area (Å²) in [6.07, 6.45) is -11.0. The number of sulfone groups is 1. The van der Waals surface area contributed by atoms with Crippen LogP contribution in [0.4, 0.5) is 32.0 Å². The average molecular weight is 482 g/mol. The van der Waals surface area contributed by atoms with Crippen molar-refractivity contribution in [3.05, 3.63) is 59.2 Å². The zero-order valence-electron chi connectivity index (χ0n) is 16.2. The van der Waals surface area contributed by atoms with Gasteiger partial charge in [-0.2, -0.15) is 26.3 Å². The Morgan fingerprint density at radius 3 is 2.09 bits per heavy atom. The fourth-order valence-corrected chi connectivity index (χ4v) is 3.97. The van der Waals surface area contributed by atoms with E-state index in [1.54, 1.807) is 0 Å². The molecule has 0 unspecified atom stereocenters. The lowest BCUT2D eigenvalue weighted by molar-refractivity contribution is -0.376. The first kappa shape index (κ1) is 24.0. The molecule has 0 aliphatic carbocycles. The minimum Gasteiger partial charge on any atom is -0.369 e. The normalized spacial score (nSPS) is 17.2. The summed E-state index contributed by atoms with van der Waals surface area (Å²) >= 11 is 0. The van der Waals surface area contributed by atoms with E-state index in [0.29, 0.717) is 23.3 Å². The van der Waals surface area contributed by atoms with Crippen LogP contribution in [0.2, 0.25) is 0 Å². The number of carbonyl (C=O) groups excluding carboxylic acids is 1. The lowest BCUT2D eigenvalue weighted by Crippen LogP contribution is -2.53. The fraction of sp³-hybridized carbons (Fsp3) is 0.316. The van der Waals surface area contributed by atoms with E-state index in [1.165, 1.54) is 18.2 Å². The summed E-state index contributed by atoms with van der Waals surface area (Å²) in [6, 6.07) is 5.72. The predicted molar refractivity (Wildman–Crippen MR) is 100 cm³/mol. The molecule has 1 aliphatic heterocycles. The first-order chi connectivity index (χ1) is 14.6. The van der Waals surface area contributed by atoms with Gasteiger partial charge in [0.15, 0.2) is 9.84 Å². The van der Waals surface area contributed by atoms with E-state index in [1.807, 2.05) is 0 Å². The number of hydrogen-bond acceptors (Lipinski definition) is 5. The lowest BCUT2D eigenvalue weighted by Gasteiger charge is -2.32. The molecule has 0 spiro atoms. The largest absolute Gasteiger partial charge is 0.430 e. The van der Waals surface area contributed by atoms with Crippen LogP contribution in [0.3, 0.4) is 0 Å². The van der Waals surface area contributed by atoms with Crippen LogP contribution in [-0.2, 0) is 26.8 Å². The summed E-state index contributed by atoms with van der Waals surface area (Å²) in [6.45, 7) is 0.180. The third kappa shape index (κ3) is 4.19. The van der Waals surface area contributed by atoms with Crippen molar-refractivity contribution in [1.82, 2.24) is 5.32 Å². The van der Waals surface area contributed by atoms with Crippen molar-refractivity contribution in [2.75, 3.05) is 11.6 Å². The van der Waals surface area contributed by atoms with Gasteiger partial charge in [0.05, 0.1) is 4.90 Å². The highest BCUT2D eigenvalue weighted by Crippen LogP contribution is 2.50. The number of alkyl halides is 6. The van der Waals surface area contributed by atoms with E-state index in [2.05, 4.69) is 10.6 Å². The number of benzene rings is 2. The van der Waals surface area contributed by atoms with Gasteiger partial charge in [0.25, 0.3) is 5.60 Å². The summed E-state index contributed by atoms with van der Waals surface area (Å²) in [5.41, 5.74) is -5.58. The third-order valence-electron chi connectivity index (χ3n) is 5.00. The Kier molecular flexibility index (Phi) is 5.81. The van der Waals surface area contributed by atoms with E-state index < -0.39 is 45.3 Å². The van der Waals surface area contributed by atoms with Crippen LogP contribution in [0.25, 0.3) is 0 Å². The topological polar surface area (TPSA) is 95.5 Å². The Morgan fingerprint density at radius 2 is 1.59 bits per heavy atom. The number of fused-ring (bicyclic) bond motifs is 1. The summed E-state index contributed by atoms with van der Waals surface area (Å²) in [5.74, 6) is -0.662. The van der Waals surface area contributed by atoms with Gasteiger partial charge >= 0.3 is 12.4 Å². The molecular formula is C19H16F6N2O4S. The number of amides is 1. The Labute approximate surface area is 178 Å². The number of nitrogens with one attached hydrogen (secondary N) is 2. The molecule has 0 fully saturated rings. The zero-order valence-corrected chi connectivity index (χ0v) is 17.0. The third-order valence-corrected chi connectivity index (χ3v) is 6.11. The van der Waals surface area contributed by atoms with Crippen LogP contribution in [-0.4, -0.2) is 38.0 Å². The monoisotopic (exact) mass is 482 g/mol. The van der Waals surface area contributed by atoms with Gasteiger partial charge in [-0.05, 0) is 35.4 Å². The van der Waals surface area contributed by atoms with Crippen molar-refractivity contribution in [3.8, 4) is 0 Å². The van der Waals surface area contributed by atoms with Crippen molar-refractivity contribution in [3.63, 3.8) is 0 Å². The fourth-order valence-electron chi connectivity index (χ4n) is 3.30. The number of carbonyl (C=O) groups is 1. The number of hydrogen-bond donors (Lipinski definition) is 3. The summed E-state index contributed by atoms with van der Waals surface area (Å²) in [4.78, 5) is 12.6. The standard InChI is InChI=1S/C19H16F6N2O4S/c1-32(30,31)13-6-7-14-10(8-13)9-26-15(14)16(28)27-12-4-2-11(3-5-12)17(29,18(20,21)22)19(23,24)25/h2-8,15,26,29H,9H2,1H3,(H,27,28)/t15-/m1/s1. The molecule has 1 amide bonds. The highest BCUT2D eigenvalue weighted by molar-refractivity contribution is 7.90. The number of aliphatic hydroxyl groups is 1. The molecule has 1 atom stereocenters. The van der Waals surface area contributed by atoms with Crippen molar-refractivity contribution in [1.29, 1.82) is 0 Å². The van der Waals surface area contributed by atoms with Crippen molar-refractivity contribution in [2.24, 2.45) is 0 Å². The summed E-state index contributed by atoms with van der Waals surface area (Å²) in [5, 5.41) is 14.6. The van der Waals surface area contributed by atoms with Crippen molar-refractivity contribution < 1.29 is 44.7 Å². The second kappa shape index (κ2) is 7.74. The maximum atomic E-state index is 13.0. The van der Waals surface area contributed by atoms with E-state index >= 15 is 0 Å². The second-order valence-corrected chi connectivity index (χ2v) is 9.23. The molecule has 0 aromatic heterocycles. The van der Waals surface area contributed by atoms with Gasteiger partial charge in [0.1, 0.15) is 6.04 Å². The molecule has 1 heterocycles. The van der Waals surface area contributed by atoms with E-state index in [0.717, 1.165) is 18.4 Å². The SMILES string of the molecule is CS(=O)(=O)c1ccc2c(c1)CN[C@H]2C(=O)Nc1ccc(C(O)(C(F)(F)F)C(F)(F)F)cc1. The summed E-state index contributed by atoms with van der Waals surface area (Å²) < 4.78 is 101. The number of halogens is 6. The molecule has 2 aromatic rings. The molecule has 0 bridgehead atoms. The Balaban J connectivity index is 1.81. The van der Waals surface area contributed by atoms with Crippen LogP contribution in [0.1, 0.15) is 22.7 Å². The van der Waals surface area contributed by atoms with Crippen molar-refractivity contribution in [2.45, 2.75) is 35.4 Å². The molecule has 0 radical (unpaired) electrons. The minimum atomic E-state index is -6.02. The zero-order chi connectivity index (χ0) is 24.1. The number of rotatable bonds is 4. The molecule has 0 saturated heterocycles. The van der Waals surface area contributed by atoms with Crippen molar-refractivity contribution >= 4 is 21.4 Å². The molecule has 6 nitrogen and oxygen atoms in total. The van der Waals surface area contributed by atoms with Crippen LogP contribution in [0, 0.1) is 0 Å². The van der Waals surface area contributed by atoms with Crippen LogP contribution < -0.4 is 10.6 Å². The maximum absolute atomic E-state index is 13.0. The molecule has 0 saturated carbocycles. The minimum absolute atomic E-state index is 0.0662. The van der Waals surface area contributed by atoms with Crippen LogP contribution >= 0.6 is 0 Å². The number of anilines is 1. The predicted octanol–water partition coefficient (Wildman–Crippen LogP) is 3.19. The van der Waals surface area contributed by atoms with Gasteiger partial charge < -0.3 is 10.4 Å². The molecule has 1 aliphatic rings. The first-order valence-electron chi connectivity index (χ1n) is 8.89. The quantitative estimate of drug-likeness (QED) is 0.582. The molecule has 13 heteroatoms. The Hall–Kier alpha value is -2.64. The lowest BCUT2D eigenvalue weighted by atomic mass is 9.92. The van der Waals surface area contributed by atoms with E-state index in [-0.39, 0.29) is 17.1 Å². The molecule has 2 aromatic carbocycles. The molecule has 3 rings (SSSR count). The first-order valence-corrected chi connectivity index (χ1v) is 10.8. The van der Waals surface area contributed by atoms with Gasteiger partial charge in [0.2, 0.25) is 5.91 Å². The van der Waals surface area contributed by atoms with Crippen LogP contribution in [0.15, 0.2) is 47.4 Å². The molecule has 32 heavy (non-hydrogen) atoms. The van der Waals surface area contributed by atoms with Gasteiger partial charge in [0, 0.05) is 24.1 Å². The second-order valence-electron chi connectivity index (χ2n) is 7.22.